The van der Waals surface area contributed by atoms with E-state index in [0.29, 0.717) is 13.2 Å². The minimum absolute atomic E-state index is 0.0194. The SMILES string of the molecule is CCCCCCCCO[N+](OCCCCCCCC)(c1ccccc1)c1ccccc1. The van der Waals surface area contributed by atoms with Gasteiger partial charge in [0.05, 0.1) is 0 Å². The van der Waals surface area contributed by atoms with Crippen molar-refractivity contribution in [3.05, 3.63) is 60.7 Å². The van der Waals surface area contributed by atoms with Gasteiger partial charge in [-0.25, -0.2) is 0 Å². The summed E-state index contributed by atoms with van der Waals surface area (Å²) in [6, 6.07) is 20.8. The highest BCUT2D eigenvalue weighted by Gasteiger charge is 2.38. The Morgan fingerprint density at radius 3 is 1.23 bits per heavy atom. The Kier molecular flexibility index (Phi) is 13.2. The van der Waals surface area contributed by atoms with E-state index in [1.165, 1.54) is 64.2 Å². The molecular formula is C28H44NO2+. The second-order valence-corrected chi connectivity index (χ2v) is 8.42. The summed E-state index contributed by atoms with van der Waals surface area (Å²) in [5.41, 5.74) is 2.04. The Balaban J connectivity index is 2.06. The van der Waals surface area contributed by atoms with Gasteiger partial charge in [-0.1, -0.05) is 114 Å². The molecule has 0 spiro atoms. The maximum Gasteiger partial charge on any atom is 0.205 e. The van der Waals surface area contributed by atoms with Crippen molar-refractivity contribution in [2.75, 3.05) is 13.2 Å². The van der Waals surface area contributed by atoms with Crippen LogP contribution in [0.1, 0.15) is 90.9 Å². The molecule has 0 saturated carbocycles. The second kappa shape index (κ2) is 16.0. The molecule has 3 heteroatoms. The fraction of sp³-hybridized carbons (Fsp3) is 0.571. The molecule has 31 heavy (non-hydrogen) atoms. The van der Waals surface area contributed by atoms with E-state index in [4.69, 9.17) is 9.68 Å². The Morgan fingerprint density at radius 1 is 0.484 bits per heavy atom. The zero-order chi connectivity index (χ0) is 22.0. The molecule has 0 radical (unpaired) electrons. The largest absolute Gasteiger partial charge is 0.205 e. The summed E-state index contributed by atoms with van der Waals surface area (Å²) in [4.78, 5) is 13.2. The monoisotopic (exact) mass is 426 g/mol. The van der Waals surface area contributed by atoms with Gasteiger partial charge in [-0.05, 0) is 12.8 Å². The standard InChI is InChI=1S/C28H44NO2/c1-3-5-7-9-11-19-25-30-29(27-21-15-13-16-22-27,28-23-17-14-18-24-28)31-26-20-12-10-8-6-4-2/h13-18,21-24H,3-12,19-20,25-26H2,1-2H3/q+1. The molecule has 0 amide bonds. The lowest BCUT2D eigenvalue weighted by Gasteiger charge is -2.31. The first-order valence-electron chi connectivity index (χ1n) is 12.6. The van der Waals surface area contributed by atoms with E-state index in [0.717, 1.165) is 24.2 Å². The van der Waals surface area contributed by atoms with Crippen LogP contribution in [0.2, 0.25) is 0 Å². The zero-order valence-electron chi connectivity index (χ0n) is 19.9. The summed E-state index contributed by atoms with van der Waals surface area (Å²) in [6.45, 7) is 5.89. The molecule has 0 N–H and O–H groups in total. The van der Waals surface area contributed by atoms with Gasteiger partial charge < -0.3 is 0 Å². The lowest BCUT2D eigenvalue weighted by Crippen LogP contribution is -2.44. The van der Waals surface area contributed by atoms with Crippen molar-refractivity contribution in [1.29, 1.82) is 0 Å². The average molecular weight is 427 g/mol. The maximum absolute atomic E-state index is 6.57. The fourth-order valence-corrected chi connectivity index (χ4v) is 3.88. The van der Waals surface area contributed by atoms with Crippen LogP contribution in [-0.2, 0) is 9.68 Å². The minimum atomic E-state index is 0.0194. The highest BCUT2D eigenvalue weighted by atomic mass is 17.0. The van der Waals surface area contributed by atoms with Crippen LogP contribution in [-0.4, -0.2) is 13.2 Å². The predicted octanol–water partition coefficient (Wildman–Crippen LogP) is 8.91. The van der Waals surface area contributed by atoms with Crippen LogP contribution in [0.25, 0.3) is 0 Å². The van der Waals surface area contributed by atoms with E-state index in [2.05, 4.69) is 62.4 Å². The van der Waals surface area contributed by atoms with Crippen LogP contribution in [0.4, 0.5) is 11.4 Å². The van der Waals surface area contributed by atoms with Crippen molar-refractivity contribution < 1.29 is 9.68 Å². The van der Waals surface area contributed by atoms with E-state index in [1.807, 2.05) is 12.1 Å². The van der Waals surface area contributed by atoms with Gasteiger partial charge in [0, 0.05) is 29.1 Å². The van der Waals surface area contributed by atoms with Gasteiger partial charge in [0.2, 0.25) is 11.4 Å². The molecule has 0 aliphatic heterocycles. The molecule has 2 aromatic carbocycles. The summed E-state index contributed by atoms with van der Waals surface area (Å²) in [6.07, 6.45) is 15.0. The third kappa shape index (κ3) is 9.14. The van der Waals surface area contributed by atoms with E-state index in [9.17, 15) is 0 Å². The summed E-state index contributed by atoms with van der Waals surface area (Å²) in [5, 5.41) is 0. The third-order valence-corrected chi connectivity index (χ3v) is 5.73. The van der Waals surface area contributed by atoms with Crippen LogP contribution >= 0.6 is 0 Å². The molecular weight excluding hydrogens is 382 g/mol. The van der Waals surface area contributed by atoms with E-state index in [-0.39, 0.29) is 4.81 Å². The number of unbranched alkanes of at least 4 members (excludes halogenated alkanes) is 10. The number of rotatable bonds is 18. The first-order valence-corrected chi connectivity index (χ1v) is 12.6. The normalized spacial score (nSPS) is 11.7. The van der Waals surface area contributed by atoms with Gasteiger partial charge in [0.15, 0.2) is 0 Å². The van der Waals surface area contributed by atoms with Gasteiger partial charge in [0.25, 0.3) is 0 Å². The number of benzene rings is 2. The lowest BCUT2D eigenvalue weighted by molar-refractivity contribution is -0.316. The van der Waals surface area contributed by atoms with Gasteiger partial charge in [-0.2, -0.15) is 9.68 Å². The molecule has 2 rings (SSSR count). The zero-order valence-corrected chi connectivity index (χ0v) is 19.9. The molecule has 0 heterocycles. The molecule has 0 saturated heterocycles. The van der Waals surface area contributed by atoms with E-state index < -0.39 is 0 Å². The number of hydrogen-bond acceptors (Lipinski definition) is 2. The second-order valence-electron chi connectivity index (χ2n) is 8.42. The Bertz CT molecular complexity index is 600. The molecule has 2 aromatic rings. The van der Waals surface area contributed by atoms with Crippen LogP contribution in [0.5, 0.6) is 0 Å². The van der Waals surface area contributed by atoms with Gasteiger partial charge in [0.1, 0.15) is 13.2 Å². The summed E-state index contributed by atoms with van der Waals surface area (Å²) >= 11 is 0. The number of quaternary nitrogens is 1. The van der Waals surface area contributed by atoms with Crippen molar-refractivity contribution >= 4 is 11.4 Å². The topological polar surface area (TPSA) is 18.5 Å². The highest BCUT2D eigenvalue weighted by molar-refractivity contribution is 5.53. The first-order chi connectivity index (χ1) is 15.3. The summed E-state index contributed by atoms with van der Waals surface area (Å²) in [5.74, 6) is 0. The molecule has 0 aromatic heterocycles. The number of para-hydroxylation sites is 2. The average Bonchev–Trinajstić information content (AvgIpc) is 2.83. The van der Waals surface area contributed by atoms with Crippen molar-refractivity contribution in [3.8, 4) is 0 Å². The summed E-state index contributed by atoms with van der Waals surface area (Å²) < 4.78 is 0. The van der Waals surface area contributed by atoms with Crippen LogP contribution in [0, 0.1) is 0 Å². The molecule has 0 fully saturated rings. The Hall–Kier alpha value is -1.68. The van der Waals surface area contributed by atoms with Crippen molar-refractivity contribution in [2.24, 2.45) is 0 Å². The van der Waals surface area contributed by atoms with Crippen molar-refractivity contribution in [1.82, 2.24) is 4.81 Å². The molecule has 0 aliphatic carbocycles. The molecule has 0 unspecified atom stereocenters. The minimum Gasteiger partial charge on any atom is -0.157 e. The molecule has 0 atom stereocenters. The fourth-order valence-electron chi connectivity index (χ4n) is 3.88. The van der Waals surface area contributed by atoms with Crippen molar-refractivity contribution in [2.45, 2.75) is 90.9 Å². The molecule has 3 nitrogen and oxygen atoms in total. The number of hydrogen-bond donors (Lipinski definition) is 0. The quantitative estimate of drug-likeness (QED) is 0.135. The third-order valence-electron chi connectivity index (χ3n) is 5.73. The van der Waals surface area contributed by atoms with Gasteiger partial charge in [-0.15, -0.1) is 0 Å². The highest BCUT2D eigenvalue weighted by Crippen LogP contribution is 2.36. The predicted molar refractivity (Wildman–Crippen MR) is 133 cm³/mol. The smallest absolute Gasteiger partial charge is 0.157 e. The number of nitrogens with zero attached hydrogens (tertiary/aromatic N) is 1. The Morgan fingerprint density at radius 2 is 0.839 bits per heavy atom. The molecule has 0 bridgehead atoms. The lowest BCUT2D eigenvalue weighted by atomic mass is 10.1. The maximum atomic E-state index is 6.57. The van der Waals surface area contributed by atoms with Crippen LogP contribution < -0.4 is 4.81 Å². The summed E-state index contributed by atoms with van der Waals surface area (Å²) in [7, 11) is 0. The van der Waals surface area contributed by atoms with Crippen molar-refractivity contribution in [3.63, 3.8) is 0 Å². The first kappa shape index (κ1) is 25.6. The van der Waals surface area contributed by atoms with Gasteiger partial charge in [-0.3, -0.25) is 0 Å². The molecule has 172 valence electrons. The Labute approximate surface area is 190 Å². The molecule has 0 aliphatic rings. The van der Waals surface area contributed by atoms with E-state index >= 15 is 0 Å². The van der Waals surface area contributed by atoms with Crippen LogP contribution in [0.3, 0.4) is 0 Å². The van der Waals surface area contributed by atoms with Crippen LogP contribution in [0.15, 0.2) is 60.7 Å². The van der Waals surface area contributed by atoms with Gasteiger partial charge >= 0.3 is 0 Å². The van der Waals surface area contributed by atoms with E-state index in [1.54, 1.807) is 0 Å².